The van der Waals surface area contributed by atoms with E-state index in [1.807, 2.05) is 0 Å². The third kappa shape index (κ3) is 5.23. The molecule has 0 aliphatic carbocycles. The second-order valence-electron chi connectivity index (χ2n) is 6.54. The van der Waals surface area contributed by atoms with E-state index in [-0.39, 0.29) is 11.9 Å². The monoisotopic (exact) mass is 338 g/mol. The maximum Gasteiger partial charge on any atom is 0.163 e. The number of benzene rings is 2. The summed E-state index contributed by atoms with van der Waals surface area (Å²) < 4.78 is 5.51. The first kappa shape index (κ1) is 17.8. The zero-order valence-corrected chi connectivity index (χ0v) is 14.5. The van der Waals surface area contributed by atoms with E-state index < -0.39 is 0 Å². The highest BCUT2D eigenvalue weighted by atomic mass is 16.5. The molecule has 25 heavy (non-hydrogen) atoms. The number of hydrogen-bond donors (Lipinski definition) is 2. The number of nitrogens with one attached hydrogen (secondary N) is 1. The van der Waals surface area contributed by atoms with Crippen molar-refractivity contribution in [3.05, 3.63) is 70.8 Å². The maximum atomic E-state index is 12.2. The number of ketones is 1. The standard InChI is InChI=1S/C21H26N2O2/c22-14-19-7-5-18(6-8-19)13-17-3-1-16(2-4-17)9-10-20(24)21-15-23-11-12-25-21/h1-8,21,23H,9-15,22H2. The molecule has 1 saturated heterocycles. The van der Waals surface area contributed by atoms with Gasteiger partial charge in [0.2, 0.25) is 0 Å². The molecule has 4 heteroatoms. The van der Waals surface area contributed by atoms with Crippen LogP contribution in [0.4, 0.5) is 0 Å². The van der Waals surface area contributed by atoms with Crippen LogP contribution in [-0.2, 0) is 28.9 Å². The van der Waals surface area contributed by atoms with Crippen LogP contribution in [0, 0.1) is 0 Å². The number of ether oxygens (including phenoxy) is 1. The number of carbonyl (C=O) groups excluding carboxylic acids is 1. The van der Waals surface area contributed by atoms with Gasteiger partial charge in [-0.3, -0.25) is 4.79 Å². The molecule has 1 aliphatic heterocycles. The van der Waals surface area contributed by atoms with Gasteiger partial charge in [0.05, 0.1) is 6.61 Å². The molecule has 4 nitrogen and oxygen atoms in total. The summed E-state index contributed by atoms with van der Waals surface area (Å²) in [6, 6.07) is 17.0. The summed E-state index contributed by atoms with van der Waals surface area (Å²) in [6.45, 7) is 2.67. The van der Waals surface area contributed by atoms with Gasteiger partial charge in [-0.25, -0.2) is 0 Å². The Morgan fingerprint density at radius 1 is 1.00 bits per heavy atom. The lowest BCUT2D eigenvalue weighted by Crippen LogP contribution is -2.43. The van der Waals surface area contributed by atoms with E-state index in [1.165, 1.54) is 16.7 Å². The van der Waals surface area contributed by atoms with Crippen LogP contribution in [0.25, 0.3) is 0 Å². The Hall–Kier alpha value is -2.01. The number of nitrogens with two attached hydrogens (primary N) is 1. The van der Waals surface area contributed by atoms with Crippen LogP contribution in [0.3, 0.4) is 0 Å². The summed E-state index contributed by atoms with van der Waals surface area (Å²) in [5.41, 5.74) is 10.5. The highest BCUT2D eigenvalue weighted by Crippen LogP contribution is 2.14. The minimum Gasteiger partial charge on any atom is -0.368 e. The van der Waals surface area contributed by atoms with Crippen molar-refractivity contribution in [2.24, 2.45) is 5.73 Å². The van der Waals surface area contributed by atoms with E-state index in [0.29, 0.717) is 26.1 Å². The molecule has 132 valence electrons. The van der Waals surface area contributed by atoms with Crippen molar-refractivity contribution in [1.29, 1.82) is 0 Å². The van der Waals surface area contributed by atoms with Crippen molar-refractivity contribution in [1.82, 2.24) is 5.32 Å². The van der Waals surface area contributed by atoms with E-state index in [2.05, 4.69) is 53.8 Å². The molecule has 2 aromatic rings. The SMILES string of the molecule is NCc1ccc(Cc2ccc(CCC(=O)C3CNCCO3)cc2)cc1. The molecule has 1 heterocycles. The van der Waals surface area contributed by atoms with Crippen LogP contribution in [0.15, 0.2) is 48.5 Å². The third-order valence-corrected chi connectivity index (χ3v) is 4.64. The van der Waals surface area contributed by atoms with Gasteiger partial charge < -0.3 is 15.8 Å². The summed E-state index contributed by atoms with van der Waals surface area (Å²) in [5, 5.41) is 3.20. The summed E-state index contributed by atoms with van der Waals surface area (Å²) in [5.74, 6) is 0.191. The van der Waals surface area contributed by atoms with Crippen molar-refractivity contribution in [2.45, 2.75) is 31.9 Å². The van der Waals surface area contributed by atoms with Gasteiger partial charge in [-0.15, -0.1) is 0 Å². The molecular weight excluding hydrogens is 312 g/mol. The lowest BCUT2D eigenvalue weighted by atomic mass is 10.00. The molecule has 0 spiro atoms. The Bertz CT molecular complexity index is 674. The molecule has 1 fully saturated rings. The van der Waals surface area contributed by atoms with Crippen LogP contribution >= 0.6 is 0 Å². The highest BCUT2D eigenvalue weighted by molar-refractivity contribution is 5.83. The molecule has 3 N–H and O–H groups in total. The Balaban J connectivity index is 1.50. The predicted molar refractivity (Wildman–Crippen MR) is 99.5 cm³/mol. The summed E-state index contributed by atoms with van der Waals surface area (Å²) in [4.78, 5) is 12.2. The normalized spacial score (nSPS) is 17.4. The van der Waals surface area contributed by atoms with E-state index in [0.717, 1.165) is 24.9 Å². The van der Waals surface area contributed by atoms with Crippen molar-refractivity contribution >= 4 is 5.78 Å². The summed E-state index contributed by atoms with van der Waals surface area (Å²) >= 11 is 0. The van der Waals surface area contributed by atoms with Crippen LogP contribution in [-0.4, -0.2) is 31.6 Å². The molecule has 1 aliphatic rings. The zero-order valence-electron chi connectivity index (χ0n) is 14.5. The second kappa shape index (κ2) is 8.90. The first-order valence-electron chi connectivity index (χ1n) is 8.95. The Morgan fingerprint density at radius 3 is 2.16 bits per heavy atom. The molecule has 0 amide bonds. The Morgan fingerprint density at radius 2 is 1.60 bits per heavy atom. The van der Waals surface area contributed by atoms with Gasteiger partial charge in [-0.05, 0) is 35.1 Å². The van der Waals surface area contributed by atoms with Crippen molar-refractivity contribution in [3.63, 3.8) is 0 Å². The fourth-order valence-corrected chi connectivity index (χ4v) is 3.05. The molecule has 1 atom stereocenters. The number of rotatable bonds is 7. The minimum absolute atomic E-state index is 0.191. The highest BCUT2D eigenvalue weighted by Gasteiger charge is 2.20. The lowest BCUT2D eigenvalue weighted by Gasteiger charge is -2.22. The zero-order chi connectivity index (χ0) is 17.5. The van der Waals surface area contributed by atoms with Gasteiger partial charge in [-0.1, -0.05) is 48.5 Å². The number of Topliss-reactive ketones (excluding diaryl/α,β-unsaturated/α-hetero) is 1. The number of hydrogen-bond acceptors (Lipinski definition) is 4. The molecule has 3 rings (SSSR count). The average Bonchev–Trinajstić information content (AvgIpc) is 2.68. The quantitative estimate of drug-likeness (QED) is 0.812. The Labute approximate surface area is 149 Å². The van der Waals surface area contributed by atoms with Crippen LogP contribution < -0.4 is 11.1 Å². The first-order chi connectivity index (χ1) is 12.2. The predicted octanol–water partition coefficient (Wildman–Crippen LogP) is 2.23. The van der Waals surface area contributed by atoms with Gasteiger partial charge in [0.25, 0.3) is 0 Å². The number of aryl methyl sites for hydroxylation is 1. The van der Waals surface area contributed by atoms with E-state index >= 15 is 0 Å². The second-order valence-corrected chi connectivity index (χ2v) is 6.54. The number of carbonyl (C=O) groups is 1. The van der Waals surface area contributed by atoms with Crippen LogP contribution in [0.1, 0.15) is 28.7 Å². The van der Waals surface area contributed by atoms with Gasteiger partial charge in [0.15, 0.2) is 5.78 Å². The van der Waals surface area contributed by atoms with Gasteiger partial charge in [0, 0.05) is 26.1 Å². The molecule has 0 radical (unpaired) electrons. The Kier molecular flexibility index (Phi) is 6.34. The van der Waals surface area contributed by atoms with E-state index in [4.69, 9.17) is 10.5 Å². The van der Waals surface area contributed by atoms with Crippen LogP contribution in [0.2, 0.25) is 0 Å². The topological polar surface area (TPSA) is 64.4 Å². The smallest absolute Gasteiger partial charge is 0.163 e. The molecule has 2 aromatic carbocycles. The lowest BCUT2D eigenvalue weighted by molar-refractivity contribution is -0.131. The molecule has 0 aromatic heterocycles. The van der Waals surface area contributed by atoms with Gasteiger partial charge in [0.1, 0.15) is 6.10 Å². The fraction of sp³-hybridized carbons (Fsp3) is 0.381. The third-order valence-electron chi connectivity index (χ3n) is 4.64. The van der Waals surface area contributed by atoms with E-state index in [1.54, 1.807) is 0 Å². The summed E-state index contributed by atoms with van der Waals surface area (Å²) in [7, 11) is 0. The molecular formula is C21H26N2O2. The van der Waals surface area contributed by atoms with Crippen LogP contribution in [0.5, 0.6) is 0 Å². The largest absolute Gasteiger partial charge is 0.368 e. The van der Waals surface area contributed by atoms with Gasteiger partial charge >= 0.3 is 0 Å². The first-order valence-corrected chi connectivity index (χ1v) is 8.95. The molecule has 0 saturated carbocycles. The van der Waals surface area contributed by atoms with E-state index in [9.17, 15) is 4.79 Å². The van der Waals surface area contributed by atoms with Crippen molar-refractivity contribution < 1.29 is 9.53 Å². The molecule has 1 unspecified atom stereocenters. The fourth-order valence-electron chi connectivity index (χ4n) is 3.05. The van der Waals surface area contributed by atoms with Crippen molar-refractivity contribution in [3.8, 4) is 0 Å². The maximum absolute atomic E-state index is 12.2. The molecule has 0 bridgehead atoms. The van der Waals surface area contributed by atoms with Gasteiger partial charge in [-0.2, -0.15) is 0 Å². The van der Waals surface area contributed by atoms with Crippen molar-refractivity contribution in [2.75, 3.05) is 19.7 Å². The number of morpholine rings is 1. The minimum atomic E-state index is -0.274. The summed E-state index contributed by atoms with van der Waals surface area (Å²) in [6.07, 6.45) is 1.94. The average molecular weight is 338 g/mol.